The molecule has 11 nitrogen and oxygen atoms in total. The van der Waals surface area contributed by atoms with Gasteiger partial charge in [-0.3, -0.25) is 0 Å². The molecule has 0 unspecified atom stereocenters. The van der Waals surface area contributed by atoms with Gasteiger partial charge in [0.1, 0.15) is 19.0 Å². The summed E-state index contributed by atoms with van der Waals surface area (Å²) in [5.41, 5.74) is 6.34. The minimum absolute atomic E-state index is 0.479. The number of hydrogen-bond acceptors (Lipinski definition) is 11. The molecule has 0 aliphatic rings. The minimum Gasteiger partial charge on any atom is -0.499 e. The maximum atomic E-state index is 5.63. The van der Waals surface area contributed by atoms with Gasteiger partial charge in [-0.2, -0.15) is 0 Å². The maximum absolute atomic E-state index is 5.63. The Morgan fingerprint density at radius 1 is 0.459 bits per heavy atom. The molecule has 37 heavy (non-hydrogen) atoms. The average Bonchev–Trinajstić information content (AvgIpc) is 2.91. The number of nitrogen functional groups attached to an aromatic ring is 1. The van der Waals surface area contributed by atoms with E-state index in [4.69, 9.17) is 53.1 Å². The highest BCUT2D eigenvalue weighted by Gasteiger charge is 1.96. The van der Waals surface area contributed by atoms with Crippen LogP contribution >= 0.6 is 0 Å². The average molecular weight is 532 g/mol. The van der Waals surface area contributed by atoms with Crippen molar-refractivity contribution in [3.63, 3.8) is 0 Å². The summed E-state index contributed by atoms with van der Waals surface area (Å²) < 4.78 is 53.9. The van der Waals surface area contributed by atoms with Gasteiger partial charge in [-0.05, 0) is 24.3 Å². The Kier molecular flexibility index (Phi) is 24.2. The van der Waals surface area contributed by atoms with Crippen LogP contribution in [-0.4, -0.2) is 119 Å². The molecule has 0 heterocycles. The van der Waals surface area contributed by atoms with E-state index in [9.17, 15) is 0 Å². The number of benzene rings is 1. The van der Waals surface area contributed by atoms with E-state index in [2.05, 4.69) is 6.58 Å². The Bertz CT molecular complexity index is 606. The van der Waals surface area contributed by atoms with E-state index in [0.29, 0.717) is 125 Å². The quantitative estimate of drug-likeness (QED) is 0.0928. The van der Waals surface area contributed by atoms with Crippen LogP contribution in [0.15, 0.2) is 37.1 Å². The zero-order valence-corrected chi connectivity index (χ0v) is 22.0. The predicted octanol–water partition coefficient (Wildman–Crippen LogP) is 1.94. The SMILES string of the molecule is C=COCCOCCOCCOCCOCCOCCOCCOCCOCCOc1ccc(N)cc1. The van der Waals surface area contributed by atoms with Gasteiger partial charge in [-0.1, -0.05) is 6.58 Å². The van der Waals surface area contributed by atoms with Crippen LogP contribution in [0, 0.1) is 0 Å². The third kappa shape index (κ3) is 24.1. The number of rotatable bonds is 29. The first kappa shape index (κ1) is 33.1. The van der Waals surface area contributed by atoms with E-state index < -0.39 is 0 Å². The van der Waals surface area contributed by atoms with E-state index in [0.717, 1.165) is 5.75 Å². The number of ether oxygens (including phenoxy) is 10. The first-order valence-electron chi connectivity index (χ1n) is 12.7. The van der Waals surface area contributed by atoms with Crippen molar-refractivity contribution in [3.8, 4) is 5.75 Å². The molecule has 0 radical (unpaired) electrons. The molecule has 0 bridgehead atoms. The van der Waals surface area contributed by atoms with Crippen molar-refractivity contribution in [1.82, 2.24) is 0 Å². The summed E-state index contributed by atoms with van der Waals surface area (Å²) in [5, 5.41) is 0. The second-order valence-corrected chi connectivity index (χ2v) is 7.35. The van der Waals surface area contributed by atoms with Crippen LogP contribution in [0.4, 0.5) is 5.69 Å². The summed E-state index contributed by atoms with van der Waals surface area (Å²) in [6.45, 7) is 12.7. The van der Waals surface area contributed by atoms with Gasteiger partial charge >= 0.3 is 0 Å². The van der Waals surface area contributed by atoms with E-state index in [1.165, 1.54) is 6.26 Å². The zero-order chi connectivity index (χ0) is 26.5. The molecule has 11 heteroatoms. The molecule has 0 aliphatic heterocycles. The van der Waals surface area contributed by atoms with Gasteiger partial charge < -0.3 is 53.1 Å². The molecule has 0 spiro atoms. The van der Waals surface area contributed by atoms with Crippen LogP contribution in [0.3, 0.4) is 0 Å². The van der Waals surface area contributed by atoms with E-state index in [1.54, 1.807) is 12.1 Å². The largest absolute Gasteiger partial charge is 0.499 e. The number of hydrogen-bond donors (Lipinski definition) is 1. The highest BCUT2D eigenvalue weighted by atomic mass is 16.6. The monoisotopic (exact) mass is 531 g/mol. The Morgan fingerprint density at radius 2 is 0.757 bits per heavy atom. The Balaban J connectivity index is 1.65. The van der Waals surface area contributed by atoms with Crippen molar-refractivity contribution >= 4 is 5.69 Å². The summed E-state index contributed by atoms with van der Waals surface area (Å²) in [6.07, 6.45) is 1.40. The van der Waals surface area contributed by atoms with Crippen LogP contribution in [0.1, 0.15) is 0 Å². The van der Waals surface area contributed by atoms with Crippen molar-refractivity contribution in [1.29, 1.82) is 0 Å². The molecule has 1 aromatic rings. The fraction of sp³-hybridized carbons (Fsp3) is 0.692. The van der Waals surface area contributed by atoms with Crippen LogP contribution in [0.2, 0.25) is 0 Å². The van der Waals surface area contributed by atoms with Crippen LogP contribution in [0.5, 0.6) is 5.75 Å². The van der Waals surface area contributed by atoms with Crippen molar-refractivity contribution in [3.05, 3.63) is 37.1 Å². The van der Waals surface area contributed by atoms with Gasteiger partial charge in [0.05, 0.1) is 112 Å². The second-order valence-electron chi connectivity index (χ2n) is 7.35. The Morgan fingerprint density at radius 3 is 1.08 bits per heavy atom. The third-order valence-corrected chi connectivity index (χ3v) is 4.44. The molecular formula is C26H45NO10. The third-order valence-electron chi connectivity index (χ3n) is 4.44. The molecule has 0 aromatic heterocycles. The Labute approximate surface area is 221 Å². The van der Waals surface area contributed by atoms with Gasteiger partial charge in [0.15, 0.2) is 0 Å². The maximum Gasteiger partial charge on any atom is 0.119 e. The van der Waals surface area contributed by atoms with Crippen molar-refractivity contribution in [2.24, 2.45) is 0 Å². The molecule has 2 N–H and O–H groups in total. The molecule has 214 valence electrons. The summed E-state index contributed by atoms with van der Waals surface area (Å²) in [7, 11) is 0. The summed E-state index contributed by atoms with van der Waals surface area (Å²) in [6, 6.07) is 7.26. The molecule has 0 saturated heterocycles. The van der Waals surface area contributed by atoms with Crippen molar-refractivity contribution in [2.75, 3.05) is 125 Å². The van der Waals surface area contributed by atoms with Crippen molar-refractivity contribution in [2.45, 2.75) is 0 Å². The summed E-state index contributed by atoms with van der Waals surface area (Å²) in [4.78, 5) is 0. The molecular weight excluding hydrogens is 486 g/mol. The molecule has 0 saturated carbocycles. The van der Waals surface area contributed by atoms with Crippen molar-refractivity contribution < 1.29 is 47.4 Å². The first-order chi connectivity index (χ1) is 18.3. The van der Waals surface area contributed by atoms with Gasteiger partial charge in [-0.25, -0.2) is 0 Å². The number of anilines is 1. The van der Waals surface area contributed by atoms with E-state index >= 15 is 0 Å². The number of nitrogens with two attached hydrogens (primary N) is 1. The molecule has 0 atom stereocenters. The highest BCUT2D eigenvalue weighted by Crippen LogP contribution is 2.12. The van der Waals surface area contributed by atoms with Crippen LogP contribution in [0.25, 0.3) is 0 Å². The molecule has 0 fully saturated rings. The van der Waals surface area contributed by atoms with Gasteiger partial charge in [0.2, 0.25) is 0 Å². The fourth-order valence-electron chi connectivity index (χ4n) is 2.61. The van der Waals surface area contributed by atoms with E-state index in [-0.39, 0.29) is 0 Å². The lowest BCUT2D eigenvalue weighted by atomic mass is 10.3. The lowest BCUT2D eigenvalue weighted by Crippen LogP contribution is -2.15. The first-order valence-corrected chi connectivity index (χ1v) is 12.7. The molecule has 0 aliphatic carbocycles. The molecule has 0 amide bonds. The molecule has 1 aromatic carbocycles. The smallest absolute Gasteiger partial charge is 0.119 e. The normalized spacial score (nSPS) is 11.0. The van der Waals surface area contributed by atoms with Gasteiger partial charge in [0.25, 0.3) is 0 Å². The molecule has 1 rings (SSSR count). The van der Waals surface area contributed by atoms with Gasteiger partial charge in [-0.15, -0.1) is 0 Å². The lowest BCUT2D eigenvalue weighted by molar-refractivity contribution is -0.0244. The predicted molar refractivity (Wildman–Crippen MR) is 139 cm³/mol. The summed E-state index contributed by atoms with van der Waals surface area (Å²) in [5.74, 6) is 0.774. The standard InChI is InChI=1S/C26H45NO10/c1-2-28-7-8-29-9-10-30-11-12-31-13-14-32-15-16-33-17-18-34-19-20-35-21-22-36-23-24-37-26-5-3-25(27)4-6-26/h2-6H,1,7-24,27H2. The van der Waals surface area contributed by atoms with Crippen LogP contribution < -0.4 is 10.5 Å². The van der Waals surface area contributed by atoms with Crippen LogP contribution in [-0.2, 0) is 42.6 Å². The summed E-state index contributed by atoms with van der Waals surface area (Å²) >= 11 is 0. The lowest BCUT2D eigenvalue weighted by Gasteiger charge is -2.09. The second kappa shape index (κ2) is 27.1. The fourth-order valence-corrected chi connectivity index (χ4v) is 2.61. The van der Waals surface area contributed by atoms with E-state index in [1.807, 2.05) is 12.1 Å². The zero-order valence-electron chi connectivity index (χ0n) is 22.0. The topological polar surface area (TPSA) is 118 Å². The highest BCUT2D eigenvalue weighted by molar-refractivity contribution is 5.41. The Hall–Kier alpha value is -1.96. The minimum atomic E-state index is 0.479. The van der Waals surface area contributed by atoms with Gasteiger partial charge in [0, 0.05) is 5.69 Å².